The summed E-state index contributed by atoms with van der Waals surface area (Å²) in [4.78, 5) is 12.3. The average Bonchev–Trinajstić information content (AvgIpc) is 2.20. The van der Waals surface area contributed by atoms with E-state index in [1.807, 2.05) is 13.8 Å². The van der Waals surface area contributed by atoms with Gasteiger partial charge in [-0.15, -0.1) is 0 Å². The molecule has 52 valence electrons. The third kappa shape index (κ3) is 2.69. The summed E-state index contributed by atoms with van der Waals surface area (Å²) in [5.41, 5.74) is 0. The molecule has 0 radical (unpaired) electrons. The largest absolute Gasteiger partial charge is 0.438 e. The number of hydrogen-bond acceptors (Lipinski definition) is 3. The molecule has 0 fully saturated rings. The Morgan fingerprint density at radius 3 is 2.22 bits per heavy atom. The minimum absolute atomic E-state index is 0.502. The first-order valence-corrected chi connectivity index (χ1v) is 2.81. The van der Waals surface area contributed by atoms with E-state index in [9.17, 15) is 4.79 Å². The Balaban J connectivity index is 0.000000291. The topological polar surface area (TPSA) is 58.9 Å². The van der Waals surface area contributed by atoms with Crippen LogP contribution in [-0.4, -0.2) is 10.1 Å². The van der Waals surface area contributed by atoms with Crippen LogP contribution in [-0.2, 0) is 0 Å². The Hall–Kier alpha value is -1.06. The Bertz CT molecular complexity index is 201. The molecule has 0 aromatic carbocycles. The lowest BCUT2D eigenvalue weighted by Gasteiger charge is -1.62. The molecule has 1 rings (SSSR count). The van der Waals surface area contributed by atoms with Gasteiger partial charge in [-0.2, -0.15) is 0 Å². The van der Waals surface area contributed by atoms with Gasteiger partial charge in [0, 0.05) is 0 Å². The number of H-pyrrole nitrogens is 1. The van der Waals surface area contributed by atoms with Crippen molar-refractivity contribution in [3.8, 4) is 0 Å². The Morgan fingerprint density at radius 1 is 1.56 bits per heavy atom. The van der Waals surface area contributed by atoms with Gasteiger partial charge >= 0.3 is 5.76 Å². The monoisotopic (exact) mass is 130 g/mol. The van der Waals surface area contributed by atoms with Crippen molar-refractivity contribution in [2.45, 2.75) is 20.8 Å². The van der Waals surface area contributed by atoms with Crippen LogP contribution in [0.25, 0.3) is 0 Å². The molecule has 0 saturated heterocycles. The zero-order valence-electron chi connectivity index (χ0n) is 5.76. The molecule has 0 unspecified atom stereocenters. The van der Waals surface area contributed by atoms with E-state index < -0.39 is 5.76 Å². The second-order valence-corrected chi connectivity index (χ2v) is 1.18. The standard InChI is InChI=1S/C3H4N2O2.C2H6/c1-2-4-3(6)7-5-2;1-2/h1H3,(H,4,5,6);1-2H3. The van der Waals surface area contributed by atoms with Crippen LogP contribution >= 0.6 is 0 Å². The van der Waals surface area contributed by atoms with E-state index in [1.54, 1.807) is 6.92 Å². The first kappa shape index (κ1) is 7.94. The first-order valence-electron chi connectivity index (χ1n) is 2.81. The molecule has 1 heterocycles. The lowest BCUT2D eigenvalue weighted by atomic mass is 10.8. The Labute approximate surface area is 52.9 Å². The van der Waals surface area contributed by atoms with Crippen molar-refractivity contribution in [2.24, 2.45) is 0 Å². The number of aromatic nitrogens is 2. The van der Waals surface area contributed by atoms with Crippen LogP contribution in [0, 0.1) is 6.92 Å². The molecule has 0 bridgehead atoms. The summed E-state index contributed by atoms with van der Waals surface area (Å²) in [5.74, 6) is 0.00231. The number of aryl methyl sites for hydroxylation is 1. The van der Waals surface area contributed by atoms with Crippen molar-refractivity contribution < 1.29 is 4.52 Å². The summed E-state index contributed by atoms with van der Waals surface area (Å²) in [6.45, 7) is 5.64. The molecule has 0 spiro atoms. The fourth-order valence-corrected chi connectivity index (χ4v) is 0.303. The van der Waals surface area contributed by atoms with Crippen molar-refractivity contribution in [1.82, 2.24) is 10.1 Å². The quantitative estimate of drug-likeness (QED) is 0.562. The van der Waals surface area contributed by atoms with Crippen molar-refractivity contribution in [3.63, 3.8) is 0 Å². The molecule has 1 N–H and O–H groups in total. The molecule has 4 nitrogen and oxygen atoms in total. The van der Waals surface area contributed by atoms with E-state index in [-0.39, 0.29) is 0 Å². The van der Waals surface area contributed by atoms with Gasteiger partial charge in [-0.25, -0.2) is 4.79 Å². The predicted octanol–water partition coefficient (Wildman–Crippen LogP) is 0.698. The fourth-order valence-electron chi connectivity index (χ4n) is 0.303. The third-order valence-corrected chi connectivity index (χ3v) is 0.548. The molecule has 0 aliphatic carbocycles. The summed E-state index contributed by atoms with van der Waals surface area (Å²) >= 11 is 0. The normalized spacial score (nSPS) is 7.89. The minimum Gasteiger partial charge on any atom is -0.296 e. The van der Waals surface area contributed by atoms with Gasteiger partial charge in [-0.05, 0) is 6.92 Å². The smallest absolute Gasteiger partial charge is 0.296 e. The van der Waals surface area contributed by atoms with E-state index in [1.165, 1.54) is 0 Å². The summed E-state index contributed by atoms with van der Waals surface area (Å²) < 4.78 is 4.10. The van der Waals surface area contributed by atoms with Crippen LogP contribution in [0.4, 0.5) is 0 Å². The summed E-state index contributed by atoms with van der Waals surface area (Å²) in [6, 6.07) is 0. The van der Waals surface area contributed by atoms with Gasteiger partial charge in [-0.1, -0.05) is 19.0 Å². The van der Waals surface area contributed by atoms with Crippen LogP contribution in [0.2, 0.25) is 0 Å². The van der Waals surface area contributed by atoms with E-state index in [0.717, 1.165) is 0 Å². The average molecular weight is 130 g/mol. The number of nitrogens with zero attached hydrogens (tertiary/aromatic N) is 1. The van der Waals surface area contributed by atoms with Crippen molar-refractivity contribution in [3.05, 3.63) is 16.4 Å². The minimum atomic E-state index is -0.502. The SMILES string of the molecule is CC.Cc1noc(=O)[nH]1. The van der Waals surface area contributed by atoms with Crippen LogP contribution in [0.15, 0.2) is 9.32 Å². The summed E-state index contributed by atoms with van der Waals surface area (Å²) in [5, 5.41) is 3.27. The van der Waals surface area contributed by atoms with E-state index in [2.05, 4.69) is 14.7 Å². The highest BCUT2D eigenvalue weighted by Gasteiger charge is 1.86. The maximum absolute atomic E-state index is 10.0. The predicted molar refractivity (Wildman–Crippen MR) is 33.2 cm³/mol. The second-order valence-electron chi connectivity index (χ2n) is 1.18. The van der Waals surface area contributed by atoms with Gasteiger partial charge in [0.1, 0.15) is 5.82 Å². The maximum atomic E-state index is 10.0. The molecule has 0 aliphatic heterocycles. The van der Waals surface area contributed by atoms with Crippen molar-refractivity contribution in [2.75, 3.05) is 0 Å². The lowest BCUT2D eigenvalue weighted by molar-refractivity contribution is 0.383. The Morgan fingerprint density at radius 2 is 2.11 bits per heavy atom. The first-order chi connectivity index (χ1) is 4.29. The molecular formula is C5H10N2O2. The van der Waals surface area contributed by atoms with Crippen molar-refractivity contribution >= 4 is 0 Å². The van der Waals surface area contributed by atoms with Crippen molar-refractivity contribution in [1.29, 1.82) is 0 Å². The molecule has 0 saturated carbocycles. The molecule has 1 aromatic heterocycles. The highest BCUT2D eigenvalue weighted by Crippen LogP contribution is 1.72. The van der Waals surface area contributed by atoms with E-state index >= 15 is 0 Å². The van der Waals surface area contributed by atoms with Crippen LogP contribution < -0.4 is 5.76 Å². The van der Waals surface area contributed by atoms with Gasteiger partial charge in [0.2, 0.25) is 0 Å². The van der Waals surface area contributed by atoms with E-state index in [4.69, 9.17) is 0 Å². The number of nitrogens with one attached hydrogen (secondary N) is 1. The van der Waals surface area contributed by atoms with Gasteiger partial charge < -0.3 is 0 Å². The van der Waals surface area contributed by atoms with Gasteiger partial charge in [0.05, 0.1) is 0 Å². The third-order valence-electron chi connectivity index (χ3n) is 0.548. The summed E-state index contributed by atoms with van der Waals surface area (Å²) in [6.07, 6.45) is 0. The molecule has 9 heavy (non-hydrogen) atoms. The van der Waals surface area contributed by atoms with Crippen LogP contribution in [0.5, 0.6) is 0 Å². The molecule has 0 aliphatic rings. The second kappa shape index (κ2) is 3.88. The highest BCUT2D eigenvalue weighted by molar-refractivity contribution is 4.68. The number of aromatic amines is 1. The van der Waals surface area contributed by atoms with E-state index in [0.29, 0.717) is 5.82 Å². The van der Waals surface area contributed by atoms with Crippen LogP contribution in [0.1, 0.15) is 19.7 Å². The molecule has 0 atom stereocenters. The highest BCUT2D eigenvalue weighted by atomic mass is 16.5. The maximum Gasteiger partial charge on any atom is 0.438 e. The molecule has 0 amide bonds. The van der Waals surface area contributed by atoms with Gasteiger partial charge in [0.25, 0.3) is 0 Å². The molecule has 4 heteroatoms. The zero-order chi connectivity index (χ0) is 7.28. The number of hydrogen-bond donors (Lipinski definition) is 1. The summed E-state index contributed by atoms with van der Waals surface area (Å²) in [7, 11) is 0. The molecule has 1 aromatic rings. The van der Waals surface area contributed by atoms with Gasteiger partial charge in [-0.3, -0.25) is 9.51 Å². The lowest BCUT2D eigenvalue weighted by Crippen LogP contribution is -1.93. The molecular weight excluding hydrogens is 120 g/mol. The van der Waals surface area contributed by atoms with Gasteiger partial charge in [0.15, 0.2) is 0 Å². The van der Waals surface area contributed by atoms with Crippen LogP contribution in [0.3, 0.4) is 0 Å². The number of rotatable bonds is 0. The zero-order valence-corrected chi connectivity index (χ0v) is 5.76. The Kier molecular flexibility index (Phi) is 3.43. The fraction of sp³-hybridized carbons (Fsp3) is 0.600.